The van der Waals surface area contributed by atoms with Crippen LogP contribution >= 0.6 is 0 Å². The SMILES string of the molecule is CC(O)C1CCCN(C(=O)CCc2cnn(C)c2)C1. The Bertz CT molecular complexity index is 428. The minimum atomic E-state index is -0.325. The van der Waals surface area contributed by atoms with Crippen LogP contribution in [-0.4, -0.2) is 44.9 Å². The molecule has 0 saturated carbocycles. The Kier molecular flexibility index (Phi) is 4.58. The highest BCUT2D eigenvalue weighted by Crippen LogP contribution is 2.20. The molecule has 1 saturated heterocycles. The summed E-state index contributed by atoms with van der Waals surface area (Å²) < 4.78 is 1.75. The molecule has 0 aromatic carbocycles. The lowest BCUT2D eigenvalue weighted by molar-refractivity contribution is -0.133. The summed E-state index contributed by atoms with van der Waals surface area (Å²) in [6.07, 6.45) is 6.71. The zero-order valence-corrected chi connectivity index (χ0v) is 11.7. The van der Waals surface area contributed by atoms with E-state index in [9.17, 15) is 9.90 Å². The minimum absolute atomic E-state index is 0.189. The van der Waals surface area contributed by atoms with Crippen molar-refractivity contribution in [2.45, 2.75) is 38.7 Å². The van der Waals surface area contributed by atoms with Crippen LogP contribution in [0.5, 0.6) is 0 Å². The van der Waals surface area contributed by atoms with Crippen LogP contribution in [-0.2, 0) is 18.3 Å². The maximum atomic E-state index is 12.2. The number of hydrogen-bond acceptors (Lipinski definition) is 3. The summed E-state index contributed by atoms with van der Waals surface area (Å²) in [5.74, 6) is 0.422. The van der Waals surface area contributed by atoms with E-state index in [1.54, 1.807) is 4.68 Å². The summed E-state index contributed by atoms with van der Waals surface area (Å²) in [5.41, 5.74) is 1.10. The number of aliphatic hydroxyl groups excluding tert-OH is 1. The van der Waals surface area contributed by atoms with Crippen molar-refractivity contribution in [3.63, 3.8) is 0 Å². The third-order valence-electron chi connectivity index (χ3n) is 3.88. The number of aromatic nitrogens is 2. The van der Waals surface area contributed by atoms with Crippen LogP contribution in [0.3, 0.4) is 0 Å². The molecule has 5 heteroatoms. The van der Waals surface area contributed by atoms with Gasteiger partial charge in [-0.15, -0.1) is 0 Å². The number of aryl methyl sites for hydroxylation is 2. The topological polar surface area (TPSA) is 58.4 Å². The fourth-order valence-electron chi connectivity index (χ4n) is 2.64. The van der Waals surface area contributed by atoms with Gasteiger partial charge >= 0.3 is 0 Å². The minimum Gasteiger partial charge on any atom is -0.393 e. The molecule has 2 rings (SSSR count). The molecular formula is C14H23N3O2. The molecule has 1 N–H and O–H groups in total. The molecule has 1 aliphatic rings. The van der Waals surface area contributed by atoms with E-state index in [-0.39, 0.29) is 17.9 Å². The highest BCUT2D eigenvalue weighted by atomic mass is 16.3. The second kappa shape index (κ2) is 6.19. The van der Waals surface area contributed by atoms with Crippen LogP contribution in [0, 0.1) is 5.92 Å². The van der Waals surface area contributed by atoms with E-state index in [0.29, 0.717) is 13.0 Å². The lowest BCUT2D eigenvalue weighted by atomic mass is 9.93. The maximum absolute atomic E-state index is 12.2. The number of piperidine rings is 1. The third kappa shape index (κ3) is 3.80. The molecule has 2 atom stereocenters. The molecule has 19 heavy (non-hydrogen) atoms. The number of hydrogen-bond donors (Lipinski definition) is 1. The standard InChI is InChI=1S/C14H23N3O2/c1-11(18)13-4-3-7-17(10-13)14(19)6-5-12-8-15-16(2)9-12/h8-9,11,13,18H,3-7,10H2,1-2H3. The molecule has 1 aromatic heterocycles. The molecule has 2 heterocycles. The molecule has 1 fully saturated rings. The lowest BCUT2D eigenvalue weighted by Gasteiger charge is -2.34. The van der Waals surface area contributed by atoms with Crippen molar-refractivity contribution in [1.82, 2.24) is 14.7 Å². The molecule has 5 nitrogen and oxygen atoms in total. The first-order valence-electron chi connectivity index (χ1n) is 6.99. The quantitative estimate of drug-likeness (QED) is 0.882. The Balaban J connectivity index is 1.82. The van der Waals surface area contributed by atoms with Crippen molar-refractivity contribution in [3.8, 4) is 0 Å². The van der Waals surface area contributed by atoms with Gasteiger partial charge in [0.05, 0.1) is 12.3 Å². The van der Waals surface area contributed by atoms with E-state index in [0.717, 1.165) is 31.4 Å². The fourth-order valence-corrected chi connectivity index (χ4v) is 2.64. The smallest absolute Gasteiger partial charge is 0.222 e. The van der Waals surface area contributed by atoms with Gasteiger partial charge in [-0.25, -0.2) is 0 Å². The first kappa shape index (κ1) is 14.1. The Morgan fingerprint density at radius 3 is 3.05 bits per heavy atom. The predicted octanol–water partition coefficient (Wildman–Crippen LogP) is 0.972. The highest BCUT2D eigenvalue weighted by Gasteiger charge is 2.26. The molecular weight excluding hydrogens is 242 g/mol. The van der Waals surface area contributed by atoms with Gasteiger partial charge in [0.1, 0.15) is 0 Å². The zero-order chi connectivity index (χ0) is 13.8. The third-order valence-corrected chi connectivity index (χ3v) is 3.88. The van der Waals surface area contributed by atoms with Gasteiger partial charge in [-0.05, 0) is 31.7 Å². The first-order valence-corrected chi connectivity index (χ1v) is 6.99. The van der Waals surface area contributed by atoms with Crippen LogP contribution in [0.15, 0.2) is 12.4 Å². The van der Waals surface area contributed by atoms with Crippen LogP contribution in [0.1, 0.15) is 31.7 Å². The summed E-state index contributed by atoms with van der Waals surface area (Å²) in [5, 5.41) is 13.7. The molecule has 1 aliphatic heterocycles. The van der Waals surface area contributed by atoms with Crippen LogP contribution in [0.25, 0.3) is 0 Å². The zero-order valence-electron chi connectivity index (χ0n) is 11.7. The summed E-state index contributed by atoms with van der Waals surface area (Å²) in [6.45, 7) is 3.34. The number of amides is 1. The molecule has 2 unspecified atom stereocenters. The van der Waals surface area contributed by atoms with Crippen LogP contribution in [0.4, 0.5) is 0 Å². The highest BCUT2D eigenvalue weighted by molar-refractivity contribution is 5.76. The Labute approximate surface area is 114 Å². The average molecular weight is 265 g/mol. The maximum Gasteiger partial charge on any atom is 0.222 e. The Morgan fingerprint density at radius 1 is 1.63 bits per heavy atom. The first-order chi connectivity index (χ1) is 9.06. The number of aliphatic hydroxyl groups is 1. The van der Waals surface area contributed by atoms with Crippen molar-refractivity contribution < 1.29 is 9.90 Å². The number of likely N-dealkylation sites (tertiary alicyclic amines) is 1. The van der Waals surface area contributed by atoms with Crippen molar-refractivity contribution in [3.05, 3.63) is 18.0 Å². The second-order valence-corrected chi connectivity index (χ2v) is 5.50. The fraction of sp³-hybridized carbons (Fsp3) is 0.714. The van der Waals surface area contributed by atoms with Gasteiger partial charge in [0.25, 0.3) is 0 Å². The monoisotopic (exact) mass is 265 g/mol. The molecule has 0 spiro atoms. The molecule has 0 bridgehead atoms. The number of nitrogens with zero attached hydrogens (tertiary/aromatic N) is 3. The largest absolute Gasteiger partial charge is 0.393 e. The summed E-state index contributed by atoms with van der Waals surface area (Å²) >= 11 is 0. The van der Waals surface area contributed by atoms with Gasteiger partial charge in [-0.3, -0.25) is 9.48 Å². The summed E-state index contributed by atoms with van der Waals surface area (Å²) in [6, 6.07) is 0. The van der Waals surface area contributed by atoms with Crippen molar-refractivity contribution in [2.75, 3.05) is 13.1 Å². The molecule has 1 aromatic rings. The Morgan fingerprint density at radius 2 is 2.42 bits per heavy atom. The molecule has 106 valence electrons. The molecule has 0 radical (unpaired) electrons. The van der Waals surface area contributed by atoms with Crippen LogP contribution in [0.2, 0.25) is 0 Å². The molecule has 0 aliphatic carbocycles. The van der Waals surface area contributed by atoms with E-state index in [2.05, 4.69) is 5.10 Å². The van der Waals surface area contributed by atoms with E-state index in [1.165, 1.54) is 0 Å². The number of carbonyl (C=O) groups excluding carboxylic acids is 1. The summed E-state index contributed by atoms with van der Waals surface area (Å²) in [4.78, 5) is 14.1. The van der Waals surface area contributed by atoms with Gasteiger partial charge < -0.3 is 10.0 Å². The van der Waals surface area contributed by atoms with Crippen molar-refractivity contribution >= 4 is 5.91 Å². The normalized spacial score (nSPS) is 21.4. The van der Waals surface area contributed by atoms with Crippen molar-refractivity contribution in [1.29, 1.82) is 0 Å². The van der Waals surface area contributed by atoms with Gasteiger partial charge in [0.15, 0.2) is 0 Å². The average Bonchev–Trinajstić information content (AvgIpc) is 2.82. The van der Waals surface area contributed by atoms with E-state index < -0.39 is 0 Å². The van der Waals surface area contributed by atoms with Crippen molar-refractivity contribution in [2.24, 2.45) is 13.0 Å². The predicted molar refractivity (Wildman–Crippen MR) is 72.5 cm³/mol. The van der Waals surface area contributed by atoms with Crippen LogP contribution < -0.4 is 0 Å². The van der Waals surface area contributed by atoms with E-state index in [4.69, 9.17) is 0 Å². The number of rotatable bonds is 4. The molecule has 1 amide bonds. The number of carbonyl (C=O) groups is 1. The van der Waals surface area contributed by atoms with Gasteiger partial charge in [0.2, 0.25) is 5.91 Å². The van der Waals surface area contributed by atoms with E-state index in [1.807, 2.05) is 31.3 Å². The lowest BCUT2D eigenvalue weighted by Crippen LogP contribution is -2.43. The van der Waals surface area contributed by atoms with Gasteiger partial charge in [0, 0.05) is 38.7 Å². The summed E-state index contributed by atoms with van der Waals surface area (Å²) in [7, 11) is 1.88. The van der Waals surface area contributed by atoms with E-state index >= 15 is 0 Å². The Hall–Kier alpha value is -1.36. The van der Waals surface area contributed by atoms with Gasteiger partial charge in [-0.2, -0.15) is 5.10 Å². The second-order valence-electron chi connectivity index (χ2n) is 5.50. The van der Waals surface area contributed by atoms with Gasteiger partial charge in [-0.1, -0.05) is 0 Å².